The molecule has 2 fully saturated rings. The number of hydrogen-bond acceptors (Lipinski definition) is 2. The maximum Gasteiger partial charge on any atom is 0.227 e. The number of carbonyl (C=O) groups excluding carboxylic acids is 1. The van der Waals surface area contributed by atoms with E-state index in [4.69, 9.17) is 5.73 Å². The molecule has 0 spiro atoms. The van der Waals surface area contributed by atoms with Crippen molar-refractivity contribution in [3.05, 3.63) is 12.7 Å². The summed E-state index contributed by atoms with van der Waals surface area (Å²) in [4.78, 5) is 13.9. The maximum absolute atomic E-state index is 12.1. The van der Waals surface area contributed by atoms with Crippen LogP contribution < -0.4 is 5.73 Å². The molecular weight excluding hydrogens is 224 g/mol. The molecule has 2 saturated carbocycles. The molecule has 2 aliphatic rings. The second-order valence-electron chi connectivity index (χ2n) is 4.94. The van der Waals surface area contributed by atoms with E-state index < -0.39 is 0 Å². The first kappa shape index (κ1) is 13.5. The van der Waals surface area contributed by atoms with Gasteiger partial charge in [-0.15, -0.1) is 19.0 Å². The number of amides is 1. The average Bonchev–Trinajstić information content (AvgIpc) is 2.77. The van der Waals surface area contributed by atoms with E-state index in [1.165, 1.54) is 19.3 Å². The smallest absolute Gasteiger partial charge is 0.227 e. The third-order valence-corrected chi connectivity index (χ3v) is 4.04. The van der Waals surface area contributed by atoms with E-state index in [0.29, 0.717) is 18.4 Å². The van der Waals surface area contributed by atoms with Gasteiger partial charge in [0.05, 0.1) is 5.92 Å². The Morgan fingerprint density at radius 1 is 1.50 bits per heavy atom. The van der Waals surface area contributed by atoms with Gasteiger partial charge in [0.2, 0.25) is 5.91 Å². The number of likely N-dealkylation sites (N-methyl/N-ethyl adjacent to an activating group) is 1. The number of fused-ring (bicyclic) bond motifs is 2. The van der Waals surface area contributed by atoms with Gasteiger partial charge in [-0.05, 0) is 31.1 Å². The molecule has 0 saturated heterocycles. The molecule has 2 N–H and O–H groups in total. The van der Waals surface area contributed by atoms with Crippen LogP contribution in [0, 0.1) is 17.8 Å². The van der Waals surface area contributed by atoms with Crippen molar-refractivity contribution in [2.45, 2.75) is 25.3 Å². The quantitative estimate of drug-likeness (QED) is 0.764. The molecule has 4 unspecified atom stereocenters. The van der Waals surface area contributed by atoms with E-state index in [-0.39, 0.29) is 30.3 Å². The molecule has 4 heteroatoms. The summed E-state index contributed by atoms with van der Waals surface area (Å²) in [5, 5.41) is 0. The van der Waals surface area contributed by atoms with Crippen molar-refractivity contribution in [3.8, 4) is 0 Å². The summed E-state index contributed by atoms with van der Waals surface area (Å²) in [6, 6.07) is 0.100. The molecule has 2 bridgehead atoms. The van der Waals surface area contributed by atoms with Crippen LogP contribution in [0.25, 0.3) is 0 Å². The monoisotopic (exact) mass is 244 g/mol. The van der Waals surface area contributed by atoms with E-state index in [2.05, 4.69) is 6.58 Å². The van der Waals surface area contributed by atoms with Gasteiger partial charge in [-0.1, -0.05) is 6.08 Å². The summed E-state index contributed by atoms with van der Waals surface area (Å²) in [5.74, 6) is 1.44. The predicted molar refractivity (Wildman–Crippen MR) is 67.4 cm³/mol. The van der Waals surface area contributed by atoms with Crippen LogP contribution in [0.4, 0.5) is 0 Å². The molecule has 0 aromatic heterocycles. The Morgan fingerprint density at radius 3 is 2.62 bits per heavy atom. The SMILES string of the molecule is C=CCN(C)C(=O)C1C2CCC(C2)C1N.Cl. The van der Waals surface area contributed by atoms with Gasteiger partial charge in [0.15, 0.2) is 0 Å². The van der Waals surface area contributed by atoms with Crippen LogP contribution in [-0.4, -0.2) is 30.4 Å². The van der Waals surface area contributed by atoms with Gasteiger partial charge in [0.25, 0.3) is 0 Å². The number of nitrogens with two attached hydrogens (primary N) is 1. The van der Waals surface area contributed by atoms with E-state index in [1.54, 1.807) is 11.0 Å². The third-order valence-electron chi connectivity index (χ3n) is 4.04. The first-order chi connectivity index (χ1) is 7.15. The minimum atomic E-state index is 0. The topological polar surface area (TPSA) is 46.3 Å². The number of halogens is 1. The Morgan fingerprint density at radius 2 is 2.12 bits per heavy atom. The fourth-order valence-corrected chi connectivity index (χ4v) is 3.24. The summed E-state index contributed by atoms with van der Waals surface area (Å²) in [6.07, 6.45) is 5.34. The lowest BCUT2D eigenvalue weighted by molar-refractivity contribution is -0.135. The molecule has 16 heavy (non-hydrogen) atoms. The summed E-state index contributed by atoms with van der Waals surface area (Å²) in [6.45, 7) is 4.28. The van der Waals surface area contributed by atoms with Crippen molar-refractivity contribution in [2.24, 2.45) is 23.5 Å². The molecule has 0 aliphatic heterocycles. The minimum Gasteiger partial charge on any atom is -0.342 e. The number of rotatable bonds is 3. The van der Waals surface area contributed by atoms with Crippen molar-refractivity contribution in [3.63, 3.8) is 0 Å². The van der Waals surface area contributed by atoms with Gasteiger partial charge in [-0.2, -0.15) is 0 Å². The highest BCUT2D eigenvalue weighted by atomic mass is 35.5. The first-order valence-corrected chi connectivity index (χ1v) is 5.76. The van der Waals surface area contributed by atoms with Gasteiger partial charge >= 0.3 is 0 Å². The Labute approximate surface area is 103 Å². The van der Waals surface area contributed by atoms with Crippen LogP contribution in [0.2, 0.25) is 0 Å². The highest BCUT2D eigenvalue weighted by Gasteiger charge is 2.49. The molecule has 2 rings (SSSR count). The third kappa shape index (κ3) is 2.11. The van der Waals surface area contributed by atoms with E-state index in [0.717, 1.165) is 0 Å². The summed E-state index contributed by atoms with van der Waals surface area (Å²) >= 11 is 0. The Kier molecular flexibility index (Phi) is 4.39. The molecule has 4 atom stereocenters. The summed E-state index contributed by atoms with van der Waals surface area (Å²) in [7, 11) is 1.84. The van der Waals surface area contributed by atoms with Gasteiger partial charge in [-0.3, -0.25) is 4.79 Å². The van der Waals surface area contributed by atoms with E-state index >= 15 is 0 Å². The Hall–Kier alpha value is -0.540. The molecule has 92 valence electrons. The van der Waals surface area contributed by atoms with Gasteiger partial charge in [0, 0.05) is 19.6 Å². The Bertz CT molecular complexity index is 280. The molecule has 3 nitrogen and oxygen atoms in total. The molecule has 0 heterocycles. The summed E-state index contributed by atoms with van der Waals surface area (Å²) < 4.78 is 0. The zero-order valence-electron chi connectivity index (χ0n) is 9.76. The average molecular weight is 245 g/mol. The van der Waals surface area contributed by atoms with Crippen molar-refractivity contribution in [2.75, 3.05) is 13.6 Å². The highest BCUT2D eigenvalue weighted by Crippen LogP contribution is 2.48. The van der Waals surface area contributed by atoms with Gasteiger partial charge in [-0.25, -0.2) is 0 Å². The van der Waals surface area contributed by atoms with Crippen LogP contribution in [-0.2, 0) is 4.79 Å². The second kappa shape index (κ2) is 5.19. The van der Waals surface area contributed by atoms with Crippen LogP contribution in [0.5, 0.6) is 0 Å². The van der Waals surface area contributed by atoms with Crippen LogP contribution in [0.1, 0.15) is 19.3 Å². The number of carbonyl (C=O) groups is 1. The fraction of sp³-hybridized carbons (Fsp3) is 0.750. The predicted octanol–water partition coefficient (Wildman–Crippen LogP) is 1.43. The standard InChI is InChI=1S/C12H20N2O.ClH/c1-3-6-14(2)12(15)10-8-4-5-9(7-8)11(10)13;/h3,8-11H,1,4-7,13H2,2H3;1H. The van der Waals surface area contributed by atoms with Crippen LogP contribution in [0.3, 0.4) is 0 Å². The first-order valence-electron chi connectivity index (χ1n) is 5.76. The lowest BCUT2D eigenvalue weighted by Gasteiger charge is -2.30. The van der Waals surface area contributed by atoms with Crippen molar-refractivity contribution in [1.82, 2.24) is 4.90 Å². The van der Waals surface area contributed by atoms with Gasteiger partial charge in [0.1, 0.15) is 0 Å². The van der Waals surface area contributed by atoms with Crippen molar-refractivity contribution >= 4 is 18.3 Å². The second-order valence-corrected chi connectivity index (χ2v) is 4.94. The molecular formula is C12H21ClN2O. The maximum atomic E-state index is 12.1. The van der Waals surface area contributed by atoms with Crippen molar-refractivity contribution in [1.29, 1.82) is 0 Å². The van der Waals surface area contributed by atoms with E-state index in [1.807, 2.05) is 7.05 Å². The molecule has 0 aromatic carbocycles. The normalized spacial score (nSPS) is 35.6. The number of hydrogen-bond donors (Lipinski definition) is 1. The van der Waals surface area contributed by atoms with Crippen molar-refractivity contribution < 1.29 is 4.79 Å². The zero-order valence-corrected chi connectivity index (χ0v) is 10.6. The molecule has 0 radical (unpaired) electrons. The lowest BCUT2D eigenvalue weighted by Crippen LogP contribution is -2.45. The molecule has 1 amide bonds. The highest BCUT2D eigenvalue weighted by molar-refractivity contribution is 5.85. The Balaban J connectivity index is 0.00000128. The largest absolute Gasteiger partial charge is 0.342 e. The lowest BCUT2D eigenvalue weighted by atomic mass is 9.84. The fourth-order valence-electron chi connectivity index (χ4n) is 3.24. The van der Waals surface area contributed by atoms with Crippen LogP contribution >= 0.6 is 12.4 Å². The zero-order chi connectivity index (χ0) is 11.0. The minimum absolute atomic E-state index is 0. The van der Waals surface area contributed by atoms with Gasteiger partial charge < -0.3 is 10.6 Å². The number of nitrogens with zero attached hydrogens (tertiary/aromatic N) is 1. The van der Waals surface area contributed by atoms with E-state index in [9.17, 15) is 4.79 Å². The molecule has 2 aliphatic carbocycles. The summed E-state index contributed by atoms with van der Waals surface area (Å²) in [5.41, 5.74) is 6.13. The van der Waals surface area contributed by atoms with Crippen LogP contribution in [0.15, 0.2) is 12.7 Å². The molecule has 0 aromatic rings.